The van der Waals surface area contributed by atoms with E-state index in [1.807, 2.05) is 0 Å². The van der Waals surface area contributed by atoms with E-state index in [1.54, 1.807) is 0 Å². The van der Waals surface area contributed by atoms with Crippen LogP contribution in [0.5, 0.6) is 0 Å². The predicted molar refractivity (Wildman–Crippen MR) is 61.3 cm³/mol. The zero-order valence-electron chi connectivity index (χ0n) is 9.32. The third-order valence-corrected chi connectivity index (χ3v) is 7.72. The molecule has 4 heteroatoms. The van der Waals surface area contributed by atoms with E-state index in [0.717, 1.165) is 13.1 Å². The second-order valence-corrected chi connectivity index (χ2v) is 7.99. The molecule has 3 nitrogen and oxygen atoms in total. The van der Waals surface area contributed by atoms with Gasteiger partial charge in [-0.15, -0.1) is 9.34 Å². The largest absolute Gasteiger partial charge is 0.288 e. The molecular formula is C10H22N2OP+. The molecule has 2 fully saturated rings. The highest BCUT2D eigenvalue weighted by Crippen LogP contribution is 2.68. The van der Waals surface area contributed by atoms with E-state index in [-0.39, 0.29) is 0 Å². The molecule has 2 aliphatic rings. The van der Waals surface area contributed by atoms with E-state index < -0.39 is 7.79 Å². The van der Waals surface area contributed by atoms with Gasteiger partial charge in [0.2, 0.25) is 0 Å². The highest BCUT2D eigenvalue weighted by Gasteiger charge is 2.57. The summed E-state index contributed by atoms with van der Waals surface area (Å²) in [5.74, 6) is 0. The van der Waals surface area contributed by atoms with Gasteiger partial charge in [-0.05, 0) is 25.7 Å². The van der Waals surface area contributed by atoms with Gasteiger partial charge in [-0.3, -0.25) is 0 Å². The van der Waals surface area contributed by atoms with Gasteiger partial charge >= 0.3 is 0 Å². The van der Waals surface area contributed by atoms with Crippen molar-refractivity contribution in [1.29, 1.82) is 0 Å². The smallest absolute Gasteiger partial charge is 0.213 e. The highest BCUT2D eigenvalue weighted by molar-refractivity contribution is 7.66. The van der Waals surface area contributed by atoms with Crippen molar-refractivity contribution in [2.45, 2.75) is 37.8 Å². The summed E-state index contributed by atoms with van der Waals surface area (Å²) in [7, 11) is 2.27. The summed E-state index contributed by atoms with van der Waals surface area (Å²) in [6.07, 6.45) is 6.46. The van der Waals surface area contributed by atoms with Gasteiger partial charge in [0.05, 0.1) is 13.1 Å². The van der Waals surface area contributed by atoms with Crippen molar-refractivity contribution in [1.82, 2.24) is 9.34 Å². The number of hydrogen-bond donors (Lipinski definition) is 1. The van der Waals surface area contributed by atoms with E-state index in [9.17, 15) is 4.89 Å². The number of rotatable bonds is 1. The van der Waals surface area contributed by atoms with Crippen LogP contribution in [0.1, 0.15) is 32.1 Å². The predicted octanol–water partition coefficient (Wildman–Crippen LogP) is 1.95. The topological polar surface area (TPSA) is 26.7 Å². The van der Waals surface area contributed by atoms with Gasteiger partial charge in [-0.1, -0.05) is 6.42 Å². The monoisotopic (exact) mass is 217 g/mol. The Balaban J connectivity index is 2.11. The Labute approximate surface area is 87.6 Å². The van der Waals surface area contributed by atoms with E-state index in [0.29, 0.717) is 5.66 Å². The molecule has 1 N–H and O–H groups in total. The standard InChI is InChI=1S/C10H22N2OP/c1-11-8-9-12(2)14(11,13)10-6-4-3-5-7-10/h10,13H,3-9H2,1-2H3/q+1. The average Bonchev–Trinajstić information content (AvgIpc) is 2.49. The van der Waals surface area contributed by atoms with Crippen LogP contribution in [-0.2, 0) is 0 Å². The molecule has 0 aromatic heterocycles. The normalized spacial score (nSPS) is 31.1. The van der Waals surface area contributed by atoms with Crippen LogP contribution in [0.2, 0.25) is 0 Å². The van der Waals surface area contributed by atoms with E-state index in [1.165, 1.54) is 32.1 Å². The summed E-state index contributed by atoms with van der Waals surface area (Å²) in [5.41, 5.74) is 0.564. The van der Waals surface area contributed by atoms with E-state index in [4.69, 9.17) is 0 Å². The molecule has 0 spiro atoms. The van der Waals surface area contributed by atoms with Crippen molar-refractivity contribution in [3.8, 4) is 0 Å². The molecule has 1 saturated heterocycles. The molecule has 0 atom stereocenters. The lowest BCUT2D eigenvalue weighted by Gasteiger charge is -2.34. The van der Waals surface area contributed by atoms with Crippen molar-refractivity contribution < 1.29 is 4.89 Å². The lowest BCUT2D eigenvalue weighted by molar-refractivity contribution is 0.399. The Bertz CT molecular complexity index is 196. The minimum absolute atomic E-state index is 0.564. The number of likely N-dealkylation sites (N-methyl/N-ethyl adjacent to an activating group) is 2. The molecule has 0 amide bonds. The lowest BCUT2D eigenvalue weighted by atomic mass is 10.0. The second-order valence-electron chi connectivity index (χ2n) is 4.67. The summed E-state index contributed by atoms with van der Waals surface area (Å²) in [6.45, 7) is 2.08. The number of hydrogen-bond acceptors (Lipinski definition) is 3. The van der Waals surface area contributed by atoms with Crippen molar-refractivity contribution >= 4 is 7.79 Å². The molecule has 2 rings (SSSR count). The molecule has 82 valence electrons. The van der Waals surface area contributed by atoms with E-state index >= 15 is 0 Å². The molecule has 0 aromatic rings. The van der Waals surface area contributed by atoms with Crippen LogP contribution in [0, 0.1) is 0 Å². The maximum absolute atomic E-state index is 10.8. The molecule has 1 aliphatic heterocycles. The minimum atomic E-state index is -1.91. The molecule has 0 aromatic carbocycles. The molecule has 1 aliphatic carbocycles. The second kappa shape index (κ2) is 4.05. The third kappa shape index (κ3) is 1.61. The van der Waals surface area contributed by atoms with Gasteiger partial charge < -0.3 is 0 Å². The van der Waals surface area contributed by atoms with Crippen LogP contribution in [0.4, 0.5) is 0 Å². The molecule has 0 bridgehead atoms. The first-order valence-electron chi connectivity index (χ1n) is 5.70. The fraction of sp³-hybridized carbons (Fsp3) is 1.00. The Morgan fingerprint density at radius 3 is 2.00 bits per heavy atom. The highest BCUT2D eigenvalue weighted by atomic mass is 31.2. The molecular weight excluding hydrogens is 195 g/mol. The first-order chi connectivity index (χ1) is 6.65. The van der Waals surface area contributed by atoms with Crippen molar-refractivity contribution in [3.05, 3.63) is 0 Å². The van der Waals surface area contributed by atoms with Crippen LogP contribution in [-0.4, -0.2) is 47.1 Å². The minimum Gasteiger partial charge on any atom is -0.213 e. The van der Waals surface area contributed by atoms with Gasteiger partial charge in [0.1, 0.15) is 5.66 Å². The maximum Gasteiger partial charge on any atom is 0.288 e. The quantitative estimate of drug-likeness (QED) is 0.680. The average molecular weight is 217 g/mol. The van der Waals surface area contributed by atoms with Crippen LogP contribution in [0.3, 0.4) is 0 Å². The fourth-order valence-electron chi connectivity index (χ4n) is 2.83. The zero-order chi connectivity index (χ0) is 10.2. The van der Waals surface area contributed by atoms with Gasteiger partial charge in [-0.25, -0.2) is 4.89 Å². The van der Waals surface area contributed by atoms with Crippen LogP contribution in [0.25, 0.3) is 0 Å². The SMILES string of the molecule is CN1CCN(C)[P+]1(O)C1CCCCC1. The van der Waals surface area contributed by atoms with Gasteiger partial charge in [-0.2, -0.15) is 0 Å². The van der Waals surface area contributed by atoms with E-state index in [2.05, 4.69) is 23.4 Å². The van der Waals surface area contributed by atoms with Crippen molar-refractivity contribution in [2.24, 2.45) is 0 Å². The van der Waals surface area contributed by atoms with Crippen LogP contribution in [0.15, 0.2) is 0 Å². The molecule has 0 unspecified atom stereocenters. The fourth-order valence-corrected chi connectivity index (χ4v) is 6.29. The van der Waals surface area contributed by atoms with Gasteiger partial charge in [0.25, 0.3) is 7.79 Å². The number of nitrogens with zero attached hydrogens (tertiary/aromatic N) is 2. The van der Waals surface area contributed by atoms with Gasteiger partial charge in [0, 0.05) is 14.1 Å². The summed E-state index contributed by atoms with van der Waals surface area (Å²) in [4.78, 5) is 10.8. The summed E-state index contributed by atoms with van der Waals surface area (Å²) < 4.78 is 4.45. The third-order valence-electron chi connectivity index (χ3n) is 3.82. The Morgan fingerprint density at radius 2 is 1.50 bits per heavy atom. The van der Waals surface area contributed by atoms with Crippen LogP contribution >= 0.6 is 7.79 Å². The van der Waals surface area contributed by atoms with Crippen molar-refractivity contribution in [2.75, 3.05) is 27.2 Å². The first-order valence-corrected chi connectivity index (χ1v) is 7.42. The Morgan fingerprint density at radius 1 is 1.00 bits per heavy atom. The Kier molecular flexibility index (Phi) is 3.13. The summed E-state index contributed by atoms with van der Waals surface area (Å²) >= 11 is 0. The Hall–Kier alpha value is 0.310. The zero-order valence-corrected chi connectivity index (χ0v) is 10.2. The molecule has 1 heterocycles. The lowest BCUT2D eigenvalue weighted by Crippen LogP contribution is -2.30. The van der Waals surface area contributed by atoms with Crippen molar-refractivity contribution in [3.63, 3.8) is 0 Å². The molecule has 14 heavy (non-hydrogen) atoms. The van der Waals surface area contributed by atoms with Crippen LogP contribution < -0.4 is 0 Å². The van der Waals surface area contributed by atoms with Gasteiger partial charge in [0.15, 0.2) is 0 Å². The summed E-state index contributed by atoms with van der Waals surface area (Å²) in [5, 5.41) is 0. The first kappa shape index (κ1) is 10.8. The summed E-state index contributed by atoms with van der Waals surface area (Å²) in [6, 6.07) is 0. The molecule has 0 radical (unpaired) electrons. The maximum atomic E-state index is 10.8. The molecule has 1 saturated carbocycles.